The van der Waals surface area contributed by atoms with Gasteiger partial charge in [0.15, 0.2) is 0 Å². The van der Waals surface area contributed by atoms with Gasteiger partial charge < -0.3 is 0 Å². The van der Waals surface area contributed by atoms with Crippen molar-refractivity contribution in [3.63, 3.8) is 0 Å². The molecule has 30 heavy (non-hydrogen) atoms. The molecule has 4 rings (SSSR count). The highest BCUT2D eigenvalue weighted by atomic mass is 35.5. The fourth-order valence-corrected chi connectivity index (χ4v) is 3.59. The van der Waals surface area contributed by atoms with Gasteiger partial charge in [-0.25, -0.2) is 0 Å². The maximum atomic E-state index is 13.3. The highest BCUT2D eigenvalue weighted by Gasteiger charge is 2.32. The van der Waals surface area contributed by atoms with Crippen molar-refractivity contribution in [3.8, 4) is 0 Å². The van der Waals surface area contributed by atoms with Crippen molar-refractivity contribution in [2.75, 3.05) is 4.90 Å². The number of nitro benzene ring substituents is 1. The van der Waals surface area contributed by atoms with Crippen molar-refractivity contribution >= 4 is 52.3 Å². The Kier molecular flexibility index (Phi) is 5.40. The number of carbonyl (C=O) groups excluding carboxylic acids is 1. The molecule has 148 valence electrons. The Morgan fingerprint density at radius 1 is 0.900 bits per heavy atom. The highest BCUT2D eigenvalue weighted by molar-refractivity contribution is 6.44. The van der Waals surface area contributed by atoms with Crippen LogP contribution in [-0.2, 0) is 4.79 Å². The van der Waals surface area contributed by atoms with Crippen LogP contribution in [0.2, 0.25) is 10.0 Å². The van der Waals surface area contributed by atoms with E-state index in [0.29, 0.717) is 27.5 Å². The van der Waals surface area contributed by atoms with Gasteiger partial charge in [-0.2, -0.15) is 0 Å². The lowest BCUT2D eigenvalue weighted by Gasteiger charge is -2.22. The Balaban J connectivity index is 1.81. The van der Waals surface area contributed by atoms with E-state index in [2.05, 4.69) is 0 Å². The van der Waals surface area contributed by atoms with Crippen LogP contribution in [0.5, 0.6) is 0 Å². The van der Waals surface area contributed by atoms with E-state index in [1.807, 2.05) is 30.3 Å². The monoisotopic (exact) mass is 436 g/mol. The zero-order chi connectivity index (χ0) is 21.3. The molecule has 0 aliphatic carbocycles. The van der Waals surface area contributed by atoms with Crippen molar-refractivity contribution < 1.29 is 9.72 Å². The lowest BCUT2D eigenvalue weighted by Crippen LogP contribution is -2.25. The molecule has 1 heterocycles. The molecule has 0 aromatic heterocycles. The molecule has 3 aromatic carbocycles. The highest BCUT2D eigenvalue weighted by Crippen LogP contribution is 2.41. The first-order valence-corrected chi connectivity index (χ1v) is 9.73. The molecule has 0 saturated heterocycles. The lowest BCUT2D eigenvalue weighted by atomic mass is 10.1. The molecule has 0 atom stereocenters. The Labute approximate surface area is 182 Å². The summed E-state index contributed by atoms with van der Waals surface area (Å²) in [5.74, 6) is -0.267. The van der Waals surface area contributed by atoms with Crippen molar-refractivity contribution in [2.45, 2.75) is 0 Å². The summed E-state index contributed by atoms with van der Waals surface area (Å²) in [6.07, 6.45) is 3.46. The van der Waals surface area contributed by atoms with Crippen LogP contribution in [0.4, 0.5) is 11.4 Å². The quantitative estimate of drug-likeness (QED) is 0.271. The smallest absolute Gasteiger partial charge is 0.269 e. The van der Waals surface area contributed by atoms with Gasteiger partial charge in [0.2, 0.25) is 0 Å². The van der Waals surface area contributed by atoms with E-state index < -0.39 is 4.92 Å². The van der Waals surface area contributed by atoms with Gasteiger partial charge in [0.1, 0.15) is 0 Å². The predicted molar refractivity (Wildman–Crippen MR) is 119 cm³/mol. The van der Waals surface area contributed by atoms with Gasteiger partial charge in [0.25, 0.3) is 11.6 Å². The molecule has 0 N–H and O–H groups in total. The normalized spacial score (nSPS) is 14.9. The summed E-state index contributed by atoms with van der Waals surface area (Å²) in [6, 6.07) is 20.6. The number of non-ortho nitro benzene ring substituents is 1. The first-order valence-electron chi connectivity index (χ1n) is 8.97. The molecule has 5 nitrogen and oxygen atoms in total. The Bertz CT molecular complexity index is 1200. The number of rotatable bonds is 4. The molecular formula is C23H14Cl2N2O3. The first-order chi connectivity index (χ1) is 14.5. The number of nitro groups is 1. The Morgan fingerprint density at radius 3 is 2.27 bits per heavy atom. The number of hydrogen-bond donors (Lipinski definition) is 0. The van der Waals surface area contributed by atoms with Crippen molar-refractivity contribution in [1.82, 2.24) is 0 Å². The number of amides is 1. The van der Waals surface area contributed by atoms with Gasteiger partial charge in [-0.1, -0.05) is 59.6 Å². The molecule has 0 unspecified atom stereocenters. The summed E-state index contributed by atoms with van der Waals surface area (Å²) in [4.78, 5) is 25.3. The third kappa shape index (κ3) is 3.73. The van der Waals surface area contributed by atoms with E-state index in [9.17, 15) is 14.9 Å². The molecule has 0 fully saturated rings. The van der Waals surface area contributed by atoms with Crippen LogP contribution in [0.15, 0.2) is 84.4 Å². The molecule has 1 amide bonds. The number of carbonyl (C=O) groups is 1. The average Bonchev–Trinajstić information content (AvgIpc) is 3.07. The average molecular weight is 437 g/mol. The number of benzene rings is 3. The fraction of sp³-hybridized carbons (Fsp3) is 0. The number of halogens is 2. The number of nitrogens with zero attached hydrogens (tertiary/aromatic N) is 2. The lowest BCUT2D eigenvalue weighted by molar-refractivity contribution is -0.384. The van der Waals surface area contributed by atoms with Gasteiger partial charge in [-0.3, -0.25) is 19.8 Å². The number of hydrogen-bond acceptors (Lipinski definition) is 3. The summed E-state index contributed by atoms with van der Waals surface area (Å²) in [5.41, 5.74) is 3.08. The van der Waals surface area contributed by atoms with Gasteiger partial charge >= 0.3 is 0 Å². The summed E-state index contributed by atoms with van der Waals surface area (Å²) in [6.45, 7) is 0. The van der Waals surface area contributed by atoms with Crippen molar-refractivity contribution in [2.24, 2.45) is 0 Å². The second-order valence-corrected chi connectivity index (χ2v) is 7.34. The second-order valence-electron chi connectivity index (χ2n) is 6.56. The number of anilines is 1. The summed E-state index contributed by atoms with van der Waals surface area (Å²) in [7, 11) is 0. The third-order valence-electron chi connectivity index (χ3n) is 4.65. The predicted octanol–water partition coefficient (Wildman–Crippen LogP) is 6.37. The largest absolute Gasteiger partial charge is 0.275 e. The minimum absolute atomic E-state index is 0.0113. The van der Waals surface area contributed by atoms with Gasteiger partial charge in [-0.05, 0) is 47.5 Å². The van der Waals surface area contributed by atoms with Gasteiger partial charge in [0, 0.05) is 17.7 Å². The molecule has 7 heteroatoms. The van der Waals surface area contributed by atoms with E-state index in [1.165, 1.54) is 17.0 Å². The SMILES string of the molecule is O=C1/C(=C/c2ccc([N+](=O)[O-])cc2)C=C(c2ccccc2)N1c1cccc(Cl)c1Cl. The molecule has 0 saturated carbocycles. The summed E-state index contributed by atoms with van der Waals surface area (Å²) in [5, 5.41) is 11.5. The maximum absolute atomic E-state index is 13.3. The minimum atomic E-state index is -0.464. The van der Waals surface area contributed by atoms with Crippen LogP contribution < -0.4 is 4.90 Å². The van der Waals surface area contributed by atoms with Crippen LogP contribution >= 0.6 is 23.2 Å². The van der Waals surface area contributed by atoms with Gasteiger partial charge in [-0.15, -0.1) is 0 Å². The van der Waals surface area contributed by atoms with E-state index >= 15 is 0 Å². The summed E-state index contributed by atoms with van der Waals surface area (Å²) < 4.78 is 0. The molecule has 0 bridgehead atoms. The zero-order valence-electron chi connectivity index (χ0n) is 15.5. The molecule has 1 aliphatic heterocycles. The van der Waals surface area contributed by atoms with Crippen LogP contribution in [0, 0.1) is 10.1 Å². The maximum Gasteiger partial charge on any atom is 0.269 e. The first kappa shape index (κ1) is 19.9. The summed E-state index contributed by atoms with van der Waals surface area (Å²) >= 11 is 12.6. The molecule has 0 spiro atoms. The Morgan fingerprint density at radius 2 is 1.60 bits per heavy atom. The van der Waals surface area contributed by atoms with Crippen LogP contribution in [-0.4, -0.2) is 10.8 Å². The van der Waals surface area contributed by atoms with Crippen LogP contribution in [0.1, 0.15) is 11.1 Å². The zero-order valence-corrected chi connectivity index (χ0v) is 17.0. The molecule has 1 aliphatic rings. The van der Waals surface area contributed by atoms with E-state index in [1.54, 1.807) is 42.5 Å². The van der Waals surface area contributed by atoms with Gasteiger partial charge in [0.05, 0.1) is 26.4 Å². The molecular weight excluding hydrogens is 423 g/mol. The Hall–Kier alpha value is -3.41. The van der Waals surface area contributed by atoms with E-state index in [0.717, 1.165) is 5.56 Å². The van der Waals surface area contributed by atoms with Crippen LogP contribution in [0.25, 0.3) is 11.8 Å². The van der Waals surface area contributed by atoms with E-state index in [4.69, 9.17) is 23.2 Å². The topological polar surface area (TPSA) is 63.4 Å². The third-order valence-corrected chi connectivity index (χ3v) is 5.46. The van der Waals surface area contributed by atoms with E-state index in [-0.39, 0.29) is 16.6 Å². The second kappa shape index (κ2) is 8.14. The van der Waals surface area contributed by atoms with Crippen LogP contribution in [0.3, 0.4) is 0 Å². The fourth-order valence-electron chi connectivity index (χ4n) is 3.21. The van der Waals surface area contributed by atoms with Crippen molar-refractivity contribution in [3.05, 3.63) is 116 Å². The molecule has 3 aromatic rings. The minimum Gasteiger partial charge on any atom is -0.275 e. The standard InChI is InChI=1S/C23H14Cl2N2O3/c24-19-7-4-8-20(22(19)25)26-21(16-5-2-1-3-6-16)14-17(23(26)28)13-15-9-11-18(12-10-15)27(29)30/h1-14H/b17-13+. The molecule has 0 radical (unpaired) electrons. The van der Waals surface area contributed by atoms with Crippen molar-refractivity contribution in [1.29, 1.82) is 0 Å².